The number of nitrogens with one attached hydrogen (secondary N) is 2. The fraction of sp³-hybridized carbons (Fsp3) is 0.200. The lowest BCUT2D eigenvalue weighted by Gasteiger charge is -2.10. The van der Waals surface area contributed by atoms with Crippen LogP contribution < -0.4 is 10.6 Å². The van der Waals surface area contributed by atoms with E-state index in [0.29, 0.717) is 18.1 Å². The van der Waals surface area contributed by atoms with E-state index in [9.17, 15) is 4.79 Å². The minimum Gasteiger partial charge on any atom is -0.481 e. The van der Waals surface area contributed by atoms with Gasteiger partial charge in [-0.1, -0.05) is 30.3 Å². The molecule has 2 rings (SSSR count). The third-order valence-corrected chi connectivity index (χ3v) is 3.11. The van der Waals surface area contributed by atoms with Gasteiger partial charge in [-0.2, -0.15) is 0 Å². The standard InChI is InChI=1S/C15H16N2O2S/c18-14(19)6-3-9-16-15(20)17-13-8-7-11-4-1-2-5-12(11)10-13/h1-2,4-5,7-8,10H,3,6,9H2,(H,18,19)(H2,16,17,20). The number of benzene rings is 2. The van der Waals surface area contributed by atoms with E-state index in [1.165, 1.54) is 5.39 Å². The molecule has 0 atom stereocenters. The highest BCUT2D eigenvalue weighted by Gasteiger charge is 2.00. The van der Waals surface area contributed by atoms with Gasteiger partial charge in [-0.3, -0.25) is 4.79 Å². The highest BCUT2D eigenvalue weighted by Crippen LogP contribution is 2.18. The normalized spacial score (nSPS) is 10.2. The van der Waals surface area contributed by atoms with Gasteiger partial charge in [0.25, 0.3) is 0 Å². The predicted molar refractivity (Wildman–Crippen MR) is 85.0 cm³/mol. The zero-order chi connectivity index (χ0) is 14.4. The molecule has 0 fully saturated rings. The molecular formula is C15H16N2O2S. The summed E-state index contributed by atoms with van der Waals surface area (Å²) in [6.45, 7) is 0.547. The second kappa shape index (κ2) is 6.86. The van der Waals surface area contributed by atoms with Crippen LogP contribution in [0.5, 0.6) is 0 Å². The van der Waals surface area contributed by atoms with Crippen molar-refractivity contribution in [3.05, 3.63) is 42.5 Å². The third-order valence-electron chi connectivity index (χ3n) is 2.86. The largest absolute Gasteiger partial charge is 0.481 e. The number of carbonyl (C=O) groups is 1. The number of rotatable bonds is 5. The lowest BCUT2D eigenvalue weighted by molar-refractivity contribution is -0.137. The van der Waals surface area contributed by atoms with Crippen molar-refractivity contribution in [3.8, 4) is 0 Å². The molecule has 104 valence electrons. The topological polar surface area (TPSA) is 61.4 Å². The van der Waals surface area contributed by atoms with Crippen molar-refractivity contribution in [1.82, 2.24) is 5.32 Å². The van der Waals surface area contributed by atoms with E-state index in [1.807, 2.05) is 36.4 Å². The zero-order valence-corrected chi connectivity index (χ0v) is 11.7. The summed E-state index contributed by atoms with van der Waals surface area (Å²) in [6, 6.07) is 14.1. The molecule has 0 spiro atoms. The van der Waals surface area contributed by atoms with Gasteiger partial charge in [-0.15, -0.1) is 0 Å². The first-order chi connectivity index (χ1) is 9.65. The van der Waals surface area contributed by atoms with Crippen LogP contribution >= 0.6 is 12.2 Å². The molecule has 3 N–H and O–H groups in total. The van der Waals surface area contributed by atoms with Gasteiger partial charge in [-0.25, -0.2) is 0 Å². The Hall–Kier alpha value is -2.14. The fourth-order valence-corrected chi connectivity index (χ4v) is 2.10. The second-order valence-electron chi connectivity index (χ2n) is 4.44. The van der Waals surface area contributed by atoms with Gasteiger partial charge in [-0.05, 0) is 41.5 Å². The maximum Gasteiger partial charge on any atom is 0.303 e. The SMILES string of the molecule is O=C(O)CCCNC(=S)Nc1ccc2ccccc2c1. The smallest absolute Gasteiger partial charge is 0.303 e. The van der Waals surface area contributed by atoms with Gasteiger partial charge >= 0.3 is 5.97 Å². The Morgan fingerprint density at radius 3 is 2.65 bits per heavy atom. The Balaban J connectivity index is 1.88. The van der Waals surface area contributed by atoms with Crippen molar-refractivity contribution in [2.45, 2.75) is 12.8 Å². The van der Waals surface area contributed by atoms with Crippen LogP contribution in [0.2, 0.25) is 0 Å². The van der Waals surface area contributed by atoms with Crippen LogP contribution in [-0.2, 0) is 4.79 Å². The van der Waals surface area contributed by atoms with Gasteiger partial charge < -0.3 is 15.7 Å². The monoisotopic (exact) mass is 288 g/mol. The molecule has 0 aromatic heterocycles. The molecule has 0 aliphatic carbocycles. The number of carboxylic acid groups (broad SMARTS) is 1. The number of thiocarbonyl (C=S) groups is 1. The van der Waals surface area contributed by atoms with Crippen LogP contribution in [0.1, 0.15) is 12.8 Å². The number of fused-ring (bicyclic) bond motifs is 1. The summed E-state index contributed by atoms with van der Waals surface area (Å²) in [5.74, 6) is -0.791. The molecule has 0 unspecified atom stereocenters. The van der Waals surface area contributed by atoms with Crippen LogP contribution in [0, 0.1) is 0 Å². The summed E-state index contributed by atoms with van der Waals surface area (Å²) in [4.78, 5) is 10.4. The van der Waals surface area contributed by atoms with E-state index >= 15 is 0 Å². The lowest BCUT2D eigenvalue weighted by Crippen LogP contribution is -2.29. The summed E-state index contributed by atoms with van der Waals surface area (Å²) in [5, 5.41) is 17.5. The second-order valence-corrected chi connectivity index (χ2v) is 4.85. The predicted octanol–water partition coefficient (Wildman–Crippen LogP) is 2.99. The Morgan fingerprint density at radius 1 is 1.15 bits per heavy atom. The van der Waals surface area contributed by atoms with Crippen LogP contribution in [0.15, 0.2) is 42.5 Å². The molecule has 0 saturated heterocycles. The maximum absolute atomic E-state index is 10.4. The Bertz CT molecular complexity index is 628. The fourth-order valence-electron chi connectivity index (χ4n) is 1.88. The highest BCUT2D eigenvalue weighted by atomic mass is 32.1. The minimum absolute atomic E-state index is 0.144. The Kier molecular flexibility index (Phi) is 4.90. The van der Waals surface area contributed by atoms with E-state index in [0.717, 1.165) is 11.1 Å². The first-order valence-electron chi connectivity index (χ1n) is 6.40. The molecule has 0 saturated carbocycles. The molecule has 0 radical (unpaired) electrons. The van der Waals surface area contributed by atoms with Crippen molar-refractivity contribution < 1.29 is 9.90 Å². The molecular weight excluding hydrogens is 272 g/mol. The number of hydrogen-bond donors (Lipinski definition) is 3. The Morgan fingerprint density at radius 2 is 1.90 bits per heavy atom. The molecule has 0 bridgehead atoms. The average Bonchev–Trinajstić information content (AvgIpc) is 2.43. The zero-order valence-electron chi connectivity index (χ0n) is 10.9. The van der Waals surface area contributed by atoms with E-state index in [4.69, 9.17) is 17.3 Å². The molecule has 20 heavy (non-hydrogen) atoms. The summed E-state index contributed by atoms with van der Waals surface area (Å²) >= 11 is 5.17. The van der Waals surface area contributed by atoms with E-state index in [-0.39, 0.29) is 6.42 Å². The quantitative estimate of drug-likeness (QED) is 0.583. The number of carboxylic acids is 1. The van der Waals surface area contributed by atoms with Crippen molar-refractivity contribution >= 4 is 39.8 Å². The first-order valence-corrected chi connectivity index (χ1v) is 6.81. The van der Waals surface area contributed by atoms with Crippen molar-refractivity contribution in [3.63, 3.8) is 0 Å². The van der Waals surface area contributed by atoms with Crippen LogP contribution in [-0.4, -0.2) is 22.7 Å². The van der Waals surface area contributed by atoms with Crippen LogP contribution in [0.4, 0.5) is 5.69 Å². The van der Waals surface area contributed by atoms with Gasteiger partial charge in [0.15, 0.2) is 5.11 Å². The van der Waals surface area contributed by atoms with Crippen molar-refractivity contribution in [1.29, 1.82) is 0 Å². The van der Waals surface area contributed by atoms with E-state index in [1.54, 1.807) is 0 Å². The summed E-state index contributed by atoms with van der Waals surface area (Å²) in [5.41, 5.74) is 0.916. The van der Waals surface area contributed by atoms with E-state index < -0.39 is 5.97 Å². The molecule has 4 nitrogen and oxygen atoms in total. The Labute approximate surface area is 122 Å². The van der Waals surface area contributed by atoms with Gasteiger partial charge in [0.2, 0.25) is 0 Å². The summed E-state index contributed by atoms with van der Waals surface area (Å²) in [7, 11) is 0. The van der Waals surface area contributed by atoms with Gasteiger partial charge in [0, 0.05) is 18.7 Å². The number of anilines is 1. The molecule has 5 heteroatoms. The van der Waals surface area contributed by atoms with Crippen molar-refractivity contribution in [2.75, 3.05) is 11.9 Å². The summed E-state index contributed by atoms with van der Waals surface area (Å²) < 4.78 is 0. The third kappa shape index (κ3) is 4.20. The van der Waals surface area contributed by atoms with Crippen molar-refractivity contribution in [2.24, 2.45) is 0 Å². The molecule has 0 aliphatic heterocycles. The highest BCUT2D eigenvalue weighted by molar-refractivity contribution is 7.80. The molecule has 2 aromatic carbocycles. The lowest BCUT2D eigenvalue weighted by atomic mass is 10.1. The number of aliphatic carboxylic acids is 1. The molecule has 2 aromatic rings. The molecule has 0 aliphatic rings. The van der Waals surface area contributed by atoms with Gasteiger partial charge in [0.05, 0.1) is 0 Å². The first kappa shape index (κ1) is 14.3. The average molecular weight is 288 g/mol. The van der Waals surface area contributed by atoms with Crippen LogP contribution in [0.25, 0.3) is 10.8 Å². The molecule has 0 heterocycles. The van der Waals surface area contributed by atoms with E-state index in [2.05, 4.69) is 16.7 Å². The summed E-state index contributed by atoms with van der Waals surface area (Å²) in [6.07, 6.45) is 0.695. The maximum atomic E-state index is 10.4. The minimum atomic E-state index is -0.791. The van der Waals surface area contributed by atoms with Gasteiger partial charge in [0.1, 0.15) is 0 Å². The molecule has 0 amide bonds. The van der Waals surface area contributed by atoms with Crippen LogP contribution in [0.3, 0.4) is 0 Å². The number of hydrogen-bond acceptors (Lipinski definition) is 2.